The second-order valence-electron chi connectivity index (χ2n) is 9.76. The molecule has 0 amide bonds. The minimum Gasteiger partial charge on any atom is -0.317 e. The average Bonchev–Trinajstić information content (AvgIpc) is 2.88. The zero-order chi connectivity index (χ0) is 17.1. The summed E-state index contributed by atoms with van der Waals surface area (Å²) in [6, 6.07) is 0.621. The van der Waals surface area contributed by atoms with Crippen molar-refractivity contribution in [3.05, 3.63) is 11.6 Å². The Kier molecular flexibility index (Phi) is 3.99. The Morgan fingerprint density at radius 1 is 1.12 bits per heavy atom. The highest BCUT2D eigenvalue weighted by molar-refractivity contribution is 5.87. The molecule has 4 aliphatic carbocycles. The molecule has 0 bridgehead atoms. The molecule has 24 heavy (non-hydrogen) atoms. The van der Waals surface area contributed by atoms with Crippen molar-refractivity contribution in [3.63, 3.8) is 0 Å². The summed E-state index contributed by atoms with van der Waals surface area (Å²) in [6.45, 7) is 7.20. The van der Waals surface area contributed by atoms with Gasteiger partial charge < -0.3 is 5.32 Å². The van der Waals surface area contributed by atoms with Gasteiger partial charge in [-0.15, -0.1) is 0 Å². The van der Waals surface area contributed by atoms with Gasteiger partial charge >= 0.3 is 0 Å². The Labute approximate surface area is 147 Å². The third kappa shape index (κ3) is 2.21. The first-order chi connectivity index (χ1) is 11.4. The number of hydrogen-bond acceptors (Lipinski definition) is 2. The Morgan fingerprint density at radius 3 is 2.58 bits per heavy atom. The van der Waals surface area contributed by atoms with Crippen LogP contribution in [0.2, 0.25) is 0 Å². The summed E-state index contributed by atoms with van der Waals surface area (Å²) in [5, 5.41) is 3.47. The van der Waals surface area contributed by atoms with E-state index in [9.17, 15) is 4.79 Å². The Bertz CT molecular complexity index is 566. The molecule has 4 rings (SSSR count). The van der Waals surface area contributed by atoms with Crippen molar-refractivity contribution in [1.82, 2.24) is 5.32 Å². The predicted molar refractivity (Wildman–Crippen MR) is 98.7 cm³/mol. The molecule has 3 saturated carbocycles. The first-order valence-electron chi connectivity index (χ1n) is 10.3. The van der Waals surface area contributed by atoms with Gasteiger partial charge in [0, 0.05) is 17.9 Å². The molecule has 0 aromatic carbocycles. The summed E-state index contributed by atoms with van der Waals surface area (Å²) in [4.78, 5) is 12.5. The van der Waals surface area contributed by atoms with Crippen LogP contribution in [0.15, 0.2) is 11.6 Å². The second kappa shape index (κ2) is 5.69. The summed E-state index contributed by atoms with van der Waals surface area (Å²) < 4.78 is 0. The van der Waals surface area contributed by atoms with Crippen molar-refractivity contribution in [2.45, 2.75) is 78.2 Å². The smallest absolute Gasteiger partial charge is 0.139 e. The van der Waals surface area contributed by atoms with Gasteiger partial charge in [-0.25, -0.2) is 0 Å². The lowest BCUT2D eigenvalue weighted by Gasteiger charge is -2.57. The lowest BCUT2D eigenvalue weighted by molar-refractivity contribution is -0.131. The van der Waals surface area contributed by atoms with Crippen LogP contribution in [0.5, 0.6) is 0 Å². The lowest BCUT2D eigenvalue weighted by atomic mass is 9.47. The molecule has 0 aromatic heterocycles. The Morgan fingerprint density at radius 2 is 1.83 bits per heavy atom. The lowest BCUT2D eigenvalue weighted by Crippen LogP contribution is -2.50. The highest BCUT2D eigenvalue weighted by Gasteiger charge is 2.58. The number of carbonyl (C=O) groups excluding carboxylic acids is 1. The van der Waals surface area contributed by atoms with E-state index in [2.05, 4.69) is 39.2 Å². The summed E-state index contributed by atoms with van der Waals surface area (Å²) in [5.41, 5.74) is 2.19. The van der Waals surface area contributed by atoms with Crippen LogP contribution < -0.4 is 5.32 Å². The molecule has 4 aliphatic rings. The van der Waals surface area contributed by atoms with Crippen LogP contribution >= 0.6 is 0 Å². The van der Waals surface area contributed by atoms with E-state index in [1.54, 1.807) is 5.57 Å². The number of Topliss-reactive ketones (excluding diaryl/α,β-unsaturated/α-hetero) is 1. The molecule has 1 N–H and O–H groups in total. The number of carbonyl (C=O) groups is 1. The number of rotatable bonds is 2. The van der Waals surface area contributed by atoms with Gasteiger partial charge in [0.15, 0.2) is 0 Å². The van der Waals surface area contributed by atoms with Crippen molar-refractivity contribution in [1.29, 1.82) is 0 Å². The van der Waals surface area contributed by atoms with Crippen LogP contribution in [0.25, 0.3) is 0 Å². The molecule has 0 spiro atoms. The molecular weight excluding hydrogens is 294 g/mol. The molecule has 0 radical (unpaired) electrons. The maximum absolute atomic E-state index is 12.5. The average molecular weight is 330 g/mol. The maximum atomic E-state index is 12.5. The number of hydrogen-bond donors (Lipinski definition) is 1. The monoisotopic (exact) mass is 329 g/mol. The molecule has 2 heteroatoms. The van der Waals surface area contributed by atoms with Gasteiger partial charge in [-0.05, 0) is 88.0 Å². The minimum atomic E-state index is 0.0146. The Hall–Kier alpha value is -0.630. The SMILES string of the molecule is CN[C@H](C)[C@H]1CC[C@@]2(C)C(=CC[C@@H]3[C@H]4CCC(=O)[C@@]4(C)CC[C@@H]32)C1. The van der Waals surface area contributed by atoms with E-state index in [1.165, 1.54) is 32.1 Å². The number of nitrogens with one attached hydrogen (secondary N) is 1. The normalized spacial score (nSPS) is 49.0. The zero-order valence-electron chi connectivity index (χ0n) is 16.0. The number of allylic oxidation sites excluding steroid dienone is 2. The van der Waals surface area contributed by atoms with Gasteiger partial charge in [0.05, 0.1) is 0 Å². The van der Waals surface area contributed by atoms with Crippen LogP contribution in [0.3, 0.4) is 0 Å². The molecule has 0 saturated heterocycles. The van der Waals surface area contributed by atoms with Crippen LogP contribution in [-0.2, 0) is 4.79 Å². The highest BCUT2D eigenvalue weighted by Crippen LogP contribution is 2.64. The van der Waals surface area contributed by atoms with E-state index < -0.39 is 0 Å². The predicted octanol–water partition coefficient (Wildman–Crippen LogP) is 4.74. The third-order valence-electron chi connectivity index (χ3n) is 9.01. The fourth-order valence-electron chi connectivity index (χ4n) is 7.12. The standard InChI is InChI=1S/C22H35NO/c1-14(23-4)15-9-11-21(2)16(13-15)5-6-17-18-7-8-20(24)22(18,3)12-10-19(17)21/h5,14-15,17-19,23H,6-13H2,1-4H3/t14-,15+,17-,18-,19+,21+,22+/m1/s1. The van der Waals surface area contributed by atoms with Crippen molar-refractivity contribution < 1.29 is 4.79 Å². The molecule has 7 atom stereocenters. The summed E-state index contributed by atoms with van der Waals surface area (Å²) in [5.74, 6) is 3.62. The molecule has 0 heterocycles. The van der Waals surface area contributed by atoms with E-state index in [0.29, 0.717) is 23.2 Å². The molecular formula is C22H35NO. The number of ketones is 1. The zero-order valence-corrected chi connectivity index (χ0v) is 16.0. The van der Waals surface area contributed by atoms with E-state index in [0.717, 1.165) is 37.0 Å². The first kappa shape index (κ1) is 16.8. The van der Waals surface area contributed by atoms with Crippen LogP contribution in [0.4, 0.5) is 0 Å². The second-order valence-corrected chi connectivity index (χ2v) is 9.76. The van der Waals surface area contributed by atoms with Crippen molar-refractivity contribution >= 4 is 5.78 Å². The topological polar surface area (TPSA) is 29.1 Å². The highest BCUT2D eigenvalue weighted by atomic mass is 16.1. The van der Waals surface area contributed by atoms with Crippen LogP contribution in [0.1, 0.15) is 72.1 Å². The first-order valence-corrected chi connectivity index (χ1v) is 10.3. The summed E-state index contributed by atoms with van der Waals surface area (Å²) in [6.07, 6.45) is 12.3. The molecule has 3 fully saturated rings. The fourth-order valence-corrected chi connectivity index (χ4v) is 7.12. The van der Waals surface area contributed by atoms with Gasteiger partial charge in [-0.3, -0.25) is 4.79 Å². The van der Waals surface area contributed by atoms with Crippen LogP contribution in [0, 0.1) is 34.5 Å². The van der Waals surface area contributed by atoms with E-state index in [1.807, 2.05) is 0 Å². The van der Waals surface area contributed by atoms with E-state index in [-0.39, 0.29) is 5.41 Å². The molecule has 0 unspecified atom stereocenters. The van der Waals surface area contributed by atoms with Gasteiger partial charge in [0.1, 0.15) is 5.78 Å². The molecule has 0 aromatic rings. The van der Waals surface area contributed by atoms with E-state index >= 15 is 0 Å². The Balaban J connectivity index is 1.61. The van der Waals surface area contributed by atoms with Crippen LogP contribution in [-0.4, -0.2) is 18.9 Å². The maximum Gasteiger partial charge on any atom is 0.139 e. The minimum absolute atomic E-state index is 0.0146. The van der Waals surface area contributed by atoms with Crippen molar-refractivity contribution in [2.24, 2.45) is 34.5 Å². The van der Waals surface area contributed by atoms with E-state index in [4.69, 9.17) is 0 Å². The van der Waals surface area contributed by atoms with Gasteiger partial charge in [-0.1, -0.05) is 25.5 Å². The molecule has 134 valence electrons. The summed E-state index contributed by atoms with van der Waals surface area (Å²) >= 11 is 0. The molecule has 0 aliphatic heterocycles. The van der Waals surface area contributed by atoms with Gasteiger partial charge in [-0.2, -0.15) is 0 Å². The quantitative estimate of drug-likeness (QED) is 0.741. The van der Waals surface area contributed by atoms with Crippen molar-refractivity contribution in [3.8, 4) is 0 Å². The third-order valence-corrected chi connectivity index (χ3v) is 9.01. The van der Waals surface area contributed by atoms with Gasteiger partial charge in [0.2, 0.25) is 0 Å². The fraction of sp³-hybridized carbons (Fsp3) is 0.864. The summed E-state index contributed by atoms with van der Waals surface area (Å²) in [7, 11) is 2.10. The van der Waals surface area contributed by atoms with Crippen molar-refractivity contribution in [2.75, 3.05) is 7.05 Å². The molecule has 2 nitrogen and oxygen atoms in total. The largest absolute Gasteiger partial charge is 0.317 e. The van der Waals surface area contributed by atoms with Gasteiger partial charge in [0.25, 0.3) is 0 Å². The number of fused-ring (bicyclic) bond motifs is 5.